The van der Waals surface area contributed by atoms with E-state index < -0.39 is 0 Å². The summed E-state index contributed by atoms with van der Waals surface area (Å²) in [5, 5.41) is 6.31. The number of hydrogen-bond acceptors (Lipinski definition) is 5. The average molecular weight is 315 g/mol. The smallest absolute Gasteiger partial charge is 0.293 e. The molecule has 0 radical (unpaired) electrons. The van der Waals surface area contributed by atoms with Crippen molar-refractivity contribution in [3.8, 4) is 0 Å². The fraction of sp³-hybridized carbons (Fsp3) is 0.333. The molecule has 0 atom stereocenters. The van der Waals surface area contributed by atoms with E-state index in [0.29, 0.717) is 12.3 Å². The molecule has 0 aromatic carbocycles. The molecule has 0 aliphatic carbocycles. The van der Waals surface area contributed by atoms with Crippen LogP contribution in [-0.2, 0) is 6.54 Å². The second-order valence-corrected chi connectivity index (χ2v) is 6.37. The van der Waals surface area contributed by atoms with Gasteiger partial charge < -0.3 is 4.90 Å². The van der Waals surface area contributed by atoms with Crippen molar-refractivity contribution in [1.29, 1.82) is 0 Å². The Balaban J connectivity index is 1.88. The van der Waals surface area contributed by atoms with Crippen LogP contribution in [0.25, 0.3) is 5.78 Å². The molecule has 3 aromatic rings. The molecule has 0 fully saturated rings. The van der Waals surface area contributed by atoms with Crippen molar-refractivity contribution >= 4 is 23.0 Å². The molecule has 0 saturated carbocycles. The van der Waals surface area contributed by atoms with Gasteiger partial charge in [0.25, 0.3) is 11.7 Å². The summed E-state index contributed by atoms with van der Waals surface area (Å²) in [6.07, 6.45) is 0. The van der Waals surface area contributed by atoms with Gasteiger partial charge in [0.05, 0.1) is 6.54 Å². The number of amides is 1. The minimum Gasteiger partial charge on any atom is -0.334 e. The fourth-order valence-electron chi connectivity index (χ4n) is 2.28. The molecule has 114 valence electrons. The molecule has 22 heavy (non-hydrogen) atoms. The maximum atomic E-state index is 12.5. The number of hydrogen-bond donors (Lipinski definition) is 0. The van der Waals surface area contributed by atoms with Gasteiger partial charge in [-0.1, -0.05) is 0 Å². The Morgan fingerprint density at radius 2 is 2.09 bits per heavy atom. The molecule has 0 aliphatic heterocycles. The van der Waals surface area contributed by atoms with Crippen molar-refractivity contribution in [2.75, 3.05) is 7.05 Å². The Morgan fingerprint density at radius 1 is 1.32 bits per heavy atom. The third-order valence-electron chi connectivity index (χ3n) is 3.51. The van der Waals surface area contributed by atoms with Gasteiger partial charge in [0.15, 0.2) is 0 Å². The topological polar surface area (TPSA) is 63.4 Å². The van der Waals surface area contributed by atoms with E-state index in [-0.39, 0.29) is 11.7 Å². The zero-order chi connectivity index (χ0) is 15.9. The largest absolute Gasteiger partial charge is 0.334 e. The van der Waals surface area contributed by atoms with Crippen LogP contribution in [0.4, 0.5) is 0 Å². The van der Waals surface area contributed by atoms with Crippen molar-refractivity contribution in [1.82, 2.24) is 24.5 Å². The molecule has 0 N–H and O–H groups in total. The van der Waals surface area contributed by atoms with Gasteiger partial charge in [0.1, 0.15) is 0 Å². The number of thiophene rings is 1. The standard InChI is InChI=1S/C15H17N5OS/c1-9-5-6-22-12(9)8-19(4)14(21)13-17-15-16-10(2)7-11(3)20(15)18-13/h5-7H,8H2,1-4H3. The molecule has 1 amide bonds. The highest BCUT2D eigenvalue weighted by atomic mass is 32.1. The van der Waals surface area contributed by atoms with Crippen LogP contribution in [0, 0.1) is 20.8 Å². The lowest BCUT2D eigenvalue weighted by Gasteiger charge is -2.14. The van der Waals surface area contributed by atoms with Gasteiger partial charge >= 0.3 is 0 Å². The van der Waals surface area contributed by atoms with Gasteiger partial charge in [-0.25, -0.2) is 9.50 Å². The summed E-state index contributed by atoms with van der Waals surface area (Å²) in [7, 11) is 1.76. The molecule has 0 spiro atoms. The normalized spacial score (nSPS) is 11.1. The van der Waals surface area contributed by atoms with Gasteiger partial charge in [0, 0.05) is 23.3 Å². The first-order valence-electron chi connectivity index (χ1n) is 6.95. The fourth-order valence-corrected chi connectivity index (χ4v) is 3.24. The van der Waals surface area contributed by atoms with Gasteiger partial charge in [-0.05, 0) is 43.8 Å². The Hall–Kier alpha value is -2.28. The predicted molar refractivity (Wildman–Crippen MR) is 85.1 cm³/mol. The number of fused-ring (bicyclic) bond motifs is 1. The van der Waals surface area contributed by atoms with E-state index in [0.717, 1.165) is 11.4 Å². The Labute approximate surface area is 132 Å². The molecule has 3 heterocycles. The van der Waals surface area contributed by atoms with Gasteiger partial charge in [0.2, 0.25) is 5.82 Å². The van der Waals surface area contributed by atoms with E-state index in [1.165, 1.54) is 10.4 Å². The minimum atomic E-state index is -0.199. The van der Waals surface area contributed by atoms with E-state index in [1.54, 1.807) is 27.8 Å². The molecule has 3 rings (SSSR count). The second-order valence-electron chi connectivity index (χ2n) is 5.37. The molecule has 7 heteroatoms. The van der Waals surface area contributed by atoms with Crippen LogP contribution in [0.2, 0.25) is 0 Å². The summed E-state index contributed by atoms with van der Waals surface area (Å²) in [6.45, 7) is 6.42. The number of rotatable bonds is 3. The van der Waals surface area contributed by atoms with Crippen molar-refractivity contribution in [3.63, 3.8) is 0 Å². The Kier molecular flexibility index (Phi) is 3.66. The average Bonchev–Trinajstić information content (AvgIpc) is 3.05. The third kappa shape index (κ3) is 2.59. The van der Waals surface area contributed by atoms with E-state index in [9.17, 15) is 4.79 Å². The summed E-state index contributed by atoms with van der Waals surface area (Å²) < 4.78 is 1.60. The lowest BCUT2D eigenvalue weighted by Crippen LogP contribution is -2.27. The maximum Gasteiger partial charge on any atom is 0.293 e. The lowest BCUT2D eigenvalue weighted by atomic mass is 10.3. The molecule has 0 unspecified atom stereocenters. The summed E-state index contributed by atoms with van der Waals surface area (Å²) >= 11 is 1.65. The van der Waals surface area contributed by atoms with Crippen LogP contribution < -0.4 is 0 Å². The number of aryl methyl sites for hydroxylation is 3. The number of carbonyl (C=O) groups is 1. The van der Waals surface area contributed by atoms with Crippen molar-refractivity contribution < 1.29 is 4.79 Å². The summed E-state index contributed by atoms with van der Waals surface area (Å²) in [5.41, 5.74) is 2.96. The SMILES string of the molecule is Cc1cc(C)n2nc(C(=O)N(C)Cc3sccc3C)nc2n1. The Morgan fingerprint density at radius 3 is 2.77 bits per heavy atom. The first-order valence-corrected chi connectivity index (χ1v) is 7.83. The molecular formula is C15H17N5OS. The summed E-state index contributed by atoms with van der Waals surface area (Å²) in [6, 6.07) is 3.96. The first-order chi connectivity index (χ1) is 10.5. The van der Waals surface area contributed by atoms with E-state index in [4.69, 9.17) is 0 Å². The third-order valence-corrected chi connectivity index (χ3v) is 4.51. The van der Waals surface area contributed by atoms with E-state index in [2.05, 4.69) is 21.1 Å². The molecule has 6 nitrogen and oxygen atoms in total. The zero-order valence-electron chi connectivity index (χ0n) is 13.0. The second kappa shape index (κ2) is 5.49. The summed E-state index contributed by atoms with van der Waals surface area (Å²) in [4.78, 5) is 23.9. The number of carbonyl (C=O) groups excluding carboxylic acids is 1. The van der Waals surface area contributed by atoms with Crippen LogP contribution >= 0.6 is 11.3 Å². The van der Waals surface area contributed by atoms with Crippen LogP contribution in [0.1, 0.15) is 32.4 Å². The number of aromatic nitrogens is 4. The van der Waals surface area contributed by atoms with E-state index >= 15 is 0 Å². The molecule has 0 saturated heterocycles. The highest BCUT2D eigenvalue weighted by Gasteiger charge is 2.19. The Bertz CT molecular complexity index is 851. The van der Waals surface area contributed by atoms with Crippen molar-refractivity contribution in [3.05, 3.63) is 45.2 Å². The van der Waals surface area contributed by atoms with E-state index in [1.807, 2.05) is 32.2 Å². The van der Waals surface area contributed by atoms with Crippen LogP contribution in [0.15, 0.2) is 17.5 Å². The van der Waals surface area contributed by atoms with Crippen molar-refractivity contribution in [2.24, 2.45) is 0 Å². The molecule has 0 aliphatic rings. The number of nitrogens with zero attached hydrogens (tertiary/aromatic N) is 5. The summed E-state index contributed by atoms with van der Waals surface area (Å²) in [5.74, 6) is 0.440. The molecular weight excluding hydrogens is 298 g/mol. The maximum absolute atomic E-state index is 12.5. The molecule has 0 bridgehead atoms. The van der Waals surface area contributed by atoms with Crippen molar-refractivity contribution in [2.45, 2.75) is 27.3 Å². The monoisotopic (exact) mass is 315 g/mol. The van der Waals surface area contributed by atoms with Crippen LogP contribution in [0.3, 0.4) is 0 Å². The lowest BCUT2D eigenvalue weighted by molar-refractivity contribution is 0.0774. The highest BCUT2D eigenvalue weighted by Crippen LogP contribution is 2.18. The quantitative estimate of drug-likeness (QED) is 0.744. The van der Waals surface area contributed by atoms with Gasteiger partial charge in [-0.2, -0.15) is 4.98 Å². The van der Waals surface area contributed by atoms with Crippen LogP contribution in [-0.4, -0.2) is 37.4 Å². The minimum absolute atomic E-state index is 0.179. The highest BCUT2D eigenvalue weighted by molar-refractivity contribution is 7.10. The molecule has 3 aromatic heterocycles. The van der Waals surface area contributed by atoms with Crippen LogP contribution in [0.5, 0.6) is 0 Å². The van der Waals surface area contributed by atoms with Gasteiger partial charge in [-0.15, -0.1) is 16.4 Å². The van der Waals surface area contributed by atoms with Gasteiger partial charge in [-0.3, -0.25) is 4.79 Å². The predicted octanol–water partition coefficient (Wildman–Crippen LogP) is 2.38. The zero-order valence-corrected chi connectivity index (χ0v) is 13.8. The first kappa shape index (κ1) is 14.6.